The monoisotopic (exact) mass is 201 g/mol. The molecule has 0 aliphatic heterocycles. The van der Waals surface area contributed by atoms with Gasteiger partial charge in [0.05, 0.1) is 5.69 Å². The molecule has 15 heavy (non-hydrogen) atoms. The van der Waals surface area contributed by atoms with Crippen LogP contribution in [0.1, 0.15) is 12.5 Å². The Bertz CT molecular complexity index is 462. The number of hydrogen-bond acceptors (Lipinski definition) is 3. The van der Waals surface area contributed by atoms with Crippen LogP contribution in [0.25, 0.3) is 5.69 Å². The Balaban J connectivity index is 2.31. The maximum Gasteiger partial charge on any atom is 0.138 e. The standard InChI is InChI=1S/C11H11N3O/c1-9(15)5-10-3-2-4-11(6-10)14-8-12-7-13-14/h2-4,6-8H,5H2,1H3. The lowest BCUT2D eigenvalue weighted by molar-refractivity contribution is -0.116. The van der Waals surface area contributed by atoms with Crippen LogP contribution in [0.4, 0.5) is 0 Å². The molecule has 1 heterocycles. The first-order valence-corrected chi connectivity index (χ1v) is 4.69. The molecule has 0 fully saturated rings. The zero-order valence-corrected chi connectivity index (χ0v) is 8.42. The van der Waals surface area contributed by atoms with Crippen molar-refractivity contribution in [2.75, 3.05) is 0 Å². The zero-order valence-electron chi connectivity index (χ0n) is 8.42. The molecule has 0 spiro atoms. The summed E-state index contributed by atoms with van der Waals surface area (Å²) in [5, 5.41) is 4.03. The molecule has 0 atom stereocenters. The van der Waals surface area contributed by atoms with Gasteiger partial charge in [0.15, 0.2) is 0 Å². The van der Waals surface area contributed by atoms with Crippen LogP contribution in [-0.4, -0.2) is 20.5 Å². The molecule has 0 bridgehead atoms. The number of Topliss-reactive ketones (excluding diaryl/α,β-unsaturated/α-hetero) is 1. The maximum absolute atomic E-state index is 11.0. The van der Waals surface area contributed by atoms with Crippen molar-refractivity contribution < 1.29 is 4.79 Å². The van der Waals surface area contributed by atoms with Crippen molar-refractivity contribution >= 4 is 5.78 Å². The van der Waals surface area contributed by atoms with Crippen LogP contribution in [0.3, 0.4) is 0 Å². The number of benzene rings is 1. The van der Waals surface area contributed by atoms with Gasteiger partial charge >= 0.3 is 0 Å². The Kier molecular flexibility index (Phi) is 2.58. The van der Waals surface area contributed by atoms with E-state index >= 15 is 0 Å². The first-order chi connectivity index (χ1) is 7.25. The molecule has 4 heteroatoms. The Morgan fingerprint density at radius 3 is 3.00 bits per heavy atom. The van der Waals surface area contributed by atoms with Crippen molar-refractivity contribution in [2.45, 2.75) is 13.3 Å². The van der Waals surface area contributed by atoms with Gasteiger partial charge in [0.1, 0.15) is 18.4 Å². The summed E-state index contributed by atoms with van der Waals surface area (Å²) in [6.45, 7) is 1.59. The number of hydrogen-bond donors (Lipinski definition) is 0. The van der Waals surface area contributed by atoms with Gasteiger partial charge in [-0.25, -0.2) is 9.67 Å². The van der Waals surface area contributed by atoms with E-state index in [-0.39, 0.29) is 5.78 Å². The lowest BCUT2D eigenvalue weighted by Crippen LogP contribution is -1.99. The molecule has 2 aromatic rings. The second-order valence-electron chi connectivity index (χ2n) is 3.39. The third-order valence-corrected chi connectivity index (χ3v) is 2.05. The quantitative estimate of drug-likeness (QED) is 0.754. The van der Waals surface area contributed by atoms with Crippen LogP contribution in [0.5, 0.6) is 0 Å². The summed E-state index contributed by atoms with van der Waals surface area (Å²) < 4.78 is 1.67. The average Bonchev–Trinajstić information content (AvgIpc) is 2.69. The molecular formula is C11H11N3O. The number of rotatable bonds is 3. The minimum atomic E-state index is 0.158. The number of aromatic nitrogens is 3. The molecule has 2 rings (SSSR count). The fourth-order valence-corrected chi connectivity index (χ4v) is 1.44. The van der Waals surface area contributed by atoms with Crippen LogP contribution >= 0.6 is 0 Å². The van der Waals surface area contributed by atoms with Gasteiger partial charge < -0.3 is 0 Å². The van der Waals surface area contributed by atoms with Crippen molar-refractivity contribution in [3.8, 4) is 5.69 Å². The predicted octanol–water partition coefficient (Wildman–Crippen LogP) is 1.40. The van der Waals surface area contributed by atoms with Gasteiger partial charge in [-0.3, -0.25) is 4.79 Å². The minimum Gasteiger partial charge on any atom is -0.300 e. The molecule has 1 aromatic heterocycles. The highest BCUT2D eigenvalue weighted by atomic mass is 16.1. The Morgan fingerprint density at radius 1 is 1.47 bits per heavy atom. The molecule has 0 aliphatic carbocycles. The van der Waals surface area contributed by atoms with E-state index in [4.69, 9.17) is 0 Å². The van der Waals surface area contributed by atoms with Crippen LogP contribution in [0.15, 0.2) is 36.9 Å². The lowest BCUT2D eigenvalue weighted by atomic mass is 10.1. The van der Waals surface area contributed by atoms with Crippen molar-refractivity contribution in [3.05, 3.63) is 42.5 Å². The van der Waals surface area contributed by atoms with Crippen LogP contribution in [-0.2, 0) is 11.2 Å². The summed E-state index contributed by atoms with van der Waals surface area (Å²) in [7, 11) is 0. The smallest absolute Gasteiger partial charge is 0.138 e. The van der Waals surface area contributed by atoms with E-state index in [1.165, 1.54) is 6.33 Å². The van der Waals surface area contributed by atoms with Gasteiger partial charge in [0, 0.05) is 6.42 Å². The van der Waals surface area contributed by atoms with Crippen molar-refractivity contribution in [1.82, 2.24) is 14.8 Å². The summed E-state index contributed by atoms with van der Waals surface area (Å²) in [6.07, 6.45) is 3.58. The van der Waals surface area contributed by atoms with Crippen LogP contribution < -0.4 is 0 Å². The molecule has 0 radical (unpaired) electrons. The second kappa shape index (κ2) is 4.04. The van der Waals surface area contributed by atoms with Gasteiger partial charge in [0.25, 0.3) is 0 Å². The van der Waals surface area contributed by atoms with Gasteiger partial charge in [-0.2, -0.15) is 5.10 Å². The van der Waals surface area contributed by atoms with Crippen molar-refractivity contribution in [3.63, 3.8) is 0 Å². The molecule has 76 valence electrons. The van der Waals surface area contributed by atoms with Crippen LogP contribution in [0.2, 0.25) is 0 Å². The Morgan fingerprint density at radius 2 is 2.33 bits per heavy atom. The third-order valence-electron chi connectivity index (χ3n) is 2.05. The highest BCUT2D eigenvalue weighted by molar-refractivity contribution is 5.78. The lowest BCUT2D eigenvalue weighted by Gasteiger charge is -2.02. The van der Waals surface area contributed by atoms with E-state index in [9.17, 15) is 4.79 Å². The number of ketones is 1. The molecule has 0 N–H and O–H groups in total. The van der Waals surface area contributed by atoms with Gasteiger partial charge in [0.2, 0.25) is 0 Å². The highest BCUT2D eigenvalue weighted by Crippen LogP contribution is 2.09. The summed E-state index contributed by atoms with van der Waals surface area (Å²) >= 11 is 0. The molecule has 0 unspecified atom stereocenters. The molecule has 4 nitrogen and oxygen atoms in total. The molecular weight excluding hydrogens is 190 g/mol. The van der Waals surface area contributed by atoms with E-state index in [2.05, 4.69) is 10.1 Å². The zero-order chi connectivity index (χ0) is 10.7. The minimum absolute atomic E-state index is 0.158. The van der Waals surface area contributed by atoms with E-state index in [0.29, 0.717) is 6.42 Å². The van der Waals surface area contributed by atoms with E-state index in [1.807, 2.05) is 24.3 Å². The second-order valence-corrected chi connectivity index (χ2v) is 3.39. The fourth-order valence-electron chi connectivity index (χ4n) is 1.44. The largest absolute Gasteiger partial charge is 0.300 e. The topological polar surface area (TPSA) is 47.8 Å². The number of carbonyl (C=O) groups excluding carboxylic acids is 1. The van der Waals surface area contributed by atoms with Crippen molar-refractivity contribution in [2.24, 2.45) is 0 Å². The van der Waals surface area contributed by atoms with Gasteiger partial charge in [-0.15, -0.1) is 0 Å². The van der Waals surface area contributed by atoms with Gasteiger partial charge in [-0.05, 0) is 24.6 Å². The molecule has 1 aromatic carbocycles. The summed E-state index contributed by atoms with van der Waals surface area (Å²) in [6, 6.07) is 7.71. The average molecular weight is 201 g/mol. The van der Waals surface area contributed by atoms with E-state index in [1.54, 1.807) is 17.9 Å². The number of carbonyl (C=O) groups is 1. The SMILES string of the molecule is CC(=O)Cc1cccc(-n2cncn2)c1. The third kappa shape index (κ3) is 2.28. The Hall–Kier alpha value is -1.97. The first-order valence-electron chi connectivity index (χ1n) is 4.69. The predicted molar refractivity (Wildman–Crippen MR) is 55.7 cm³/mol. The molecule has 0 saturated carbocycles. The fraction of sp³-hybridized carbons (Fsp3) is 0.182. The highest BCUT2D eigenvalue weighted by Gasteiger charge is 2.00. The van der Waals surface area contributed by atoms with Gasteiger partial charge in [-0.1, -0.05) is 12.1 Å². The number of nitrogens with zero attached hydrogens (tertiary/aromatic N) is 3. The molecule has 0 aliphatic rings. The molecule has 0 saturated heterocycles. The summed E-state index contributed by atoms with van der Waals surface area (Å²) in [4.78, 5) is 14.9. The van der Waals surface area contributed by atoms with Crippen LogP contribution in [0, 0.1) is 0 Å². The summed E-state index contributed by atoms with van der Waals surface area (Å²) in [5.41, 5.74) is 1.92. The van der Waals surface area contributed by atoms with E-state index in [0.717, 1.165) is 11.3 Å². The molecule has 0 amide bonds. The first kappa shape index (κ1) is 9.58. The maximum atomic E-state index is 11.0. The Labute approximate surface area is 87.6 Å². The summed E-state index contributed by atoms with van der Waals surface area (Å²) in [5.74, 6) is 0.158. The van der Waals surface area contributed by atoms with E-state index < -0.39 is 0 Å². The normalized spacial score (nSPS) is 10.2. The van der Waals surface area contributed by atoms with Crippen molar-refractivity contribution in [1.29, 1.82) is 0 Å².